The van der Waals surface area contributed by atoms with Gasteiger partial charge in [-0.2, -0.15) is 0 Å². The van der Waals surface area contributed by atoms with Gasteiger partial charge in [-0.3, -0.25) is 0 Å². The summed E-state index contributed by atoms with van der Waals surface area (Å²) in [4.78, 5) is 11.4. The summed E-state index contributed by atoms with van der Waals surface area (Å²) in [6.07, 6.45) is 7.49. The van der Waals surface area contributed by atoms with Crippen LogP contribution in [-0.2, 0) is 0 Å². The lowest BCUT2D eigenvalue weighted by atomic mass is 9.42. The molecule has 0 spiro atoms. The molecule has 160 valence electrons. The summed E-state index contributed by atoms with van der Waals surface area (Å²) in [5, 5.41) is 33.8. The lowest BCUT2D eigenvalue weighted by Crippen LogP contribution is -2.66. The second kappa shape index (κ2) is 6.41. The predicted octanol–water partition coefficient (Wildman–Crippen LogP) is 3.21. The van der Waals surface area contributed by atoms with Crippen molar-refractivity contribution in [2.75, 3.05) is 0 Å². The Labute approximate surface area is 172 Å². The van der Waals surface area contributed by atoms with E-state index < -0.39 is 17.1 Å². The Morgan fingerprint density at radius 1 is 1.07 bits per heavy atom. The van der Waals surface area contributed by atoms with E-state index in [0.717, 1.165) is 50.5 Å². The first-order valence-electron chi connectivity index (χ1n) is 11.4. The molecule has 0 amide bonds. The number of hydrogen-bond donors (Lipinski definition) is 3. The normalized spacial score (nSPS) is 51.8. The number of aliphatic hydroxyl groups excluding tert-OH is 2. The van der Waals surface area contributed by atoms with Crippen molar-refractivity contribution in [3.05, 3.63) is 34.4 Å². The molecular formula is C24H34O5. The molecule has 4 saturated carbocycles. The molecule has 9 atom stereocenters. The van der Waals surface area contributed by atoms with Crippen LogP contribution in [0.25, 0.3) is 0 Å². The Morgan fingerprint density at radius 3 is 2.59 bits per heavy atom. The van der Waals surface area contributed by atoms with Crippen molar-refractivity contribution in [2.24, 2.45) is 28.6 Å². The first-order chi connectivity index (χ1) is 13.7. The van der Waals surface area contributed by atoms with Gasteiger partial charge in [0, 0.05) is 11.5 Å². The Bertz CT molecular complexity index is 829. The highest BCUT2D eigenvalue weighted by Gasteiger charge is 2.69. The molecule has 5 nitrogen and oxygen atoms in total. The first kappa shape index (κ1) is 19.8. The maximum absolute atomic E-state index is 12.2. The smallest absolute Gasteiger partial charge is 0.335 e. The van der Waals surface area contributed by atoms with Gasteiger partial charge in [0.15, 0.2) is 0 Å². The summed E-state index contributed by atoms with van der Waals surface area (Å²) >= 11 is 0. The third-order valence-electron chi connectivity index (χ3n) is 9.89. The summed E-state index contributed by atoms with van der Waals surface area (Å²) < 4.78 is 5.14. The SMILES string of the molecule is C[C@]12CC[C@H](O)C[C@H]1CCC1C2[C@H](O)C[C@]2(C)[C@@H](c3ccc(=O)oc3)CC[C@]12O. The Morgan fingerprint density at radius 2 is 1.86 bits per heavy atom. The first-order valence-corrected chi connectivity index (χ1v) is 11.4. The lowest BCUT2D eigenvalue weighted by Gasteiger charge is -2.65. The van der Waals surface area contributed by atoms with Gasteiger partial charge in [0.05, 0.1) is 24.1 Å². The van der Waals surface area contributed by atoms with Crippen LogP contribution in [0.3, 0.4) is 0 Å². The lowest BCUT2D eigenvalue weighted by molar-refractivity contribution is -0.239. The third kappa shape index (κ3) is 2.60. The molecule has 4 aliphatic carbocycles. The van der Waals surface area contributed by atoms with Crippen LogP contribution in [0, 0.1) is 28.6 Å². The van der Waals surface area contributed by atoms with Crippen molar-refractivity contribution in [1.29, 1.82) is 0 Å². The average Bonchev–Trinajstić information content (AvgIpc) is 2.94. The third-order valence-corrected chi connectivity index (χ3v) is 9.89. The van der Waals surface area contributed by atoms with Crippen molar-refractivity contribution < 1.29 is 19.7 Å². The van der Waals surface area contributed by atoms with Gasteiger partial charge in [-0.15, -0.1) is 0 Å². The Balaban J connectivity index is 1.52. The monoisotopic (exact) mass is 402 g/mol. The zero-order chi connectivity index (χ0) is 20.6. The fourth-order valence-corrected chi connectivity index (χ4v) is 8.41. The molecule has 0 saturated heterocycles. The van der Waals surface area contributed by atoms with E-state index >= 15 is 0 Å². The Hall–Kier alpha value is -1.17. The molecule has 2 unspecified atom stereocenters. The van der Waals surface area contributed by atoms with Crippen LogP contribution < -0.4 is 5.63 Å². The summed E-state index contributed by atoms with van der Waals surface area (Å²) in [6.45, 7) is 4.43. The largest absolute Gasteiger partial charge is 0.431 e. The summed E-state index contributed by atoms with van der Waals surface area (Å²) in [7, 11) is 0. The van der Waals surface area contributed by atoms with E-state index in [0.29, 0.717) is 12.3 Å². The minimum Gasteiger partial charge on any atom is -0.431 e. The topological polar surface area (TPSA) is 90.9 Å². The van der Waals surface area contributed by atoms with E-state index in [4.69, 9.17) is 4.42 Å². The van der Waals surface area contributed by atoms with E-state index in [9.17, 15) is 20.1 Å². The van der Waals surface area contributed by atoms with Crippen molar-refractivity contribution in [3.8, 4) is 0 Å². The molecule has 4 fully saturated rings. The molecule has 1 aromatic heterocycles. The summed E-state index contributed by atoms with van der Waals surface area (Å²) in [5.74, 6) is 0.662. The minimum atomic E-state index is -0.818. The molecule has 0 aliphatic heterocycles. The molecule has 3 N–H and O–H groups in total. The molecule has 1 heterocycles. The highest BCUT2D eigenvalue weighted by Crippen LogP contribution is 2.70. The van der Waals surface area contributed by atoms with E-state index in [2.05, 4.69) is 13.8 Å². The zero-order valence-corrected chi connectivity index (χ0v) is 17.5. The molecule has 5 heteroatoms. The fraction of sp³-hybridized carbons (Fsp3) is 0.792. The maximum Gasteiger partial charge on any atom is 0.335 e. The average molecular weight is 403 g/mol. The van der Waals surface area contributed by atoms with Crippen LogP contribution in [0.15, 0.2) is 27.6 Å². The number of rotatable bonds is 1. The molecule has 5 rings (SSSR count). The van der Waals surface area contributed by atoms with Crippen molar-refractivity contribution in [3.63, 3.8) is 0 Å². The van der Waals surface area contributed by atoms with Gasteiger partial charge in [0.1, 0.15) is 0 Å². The van der Waals surface area contributed by atoms with Crippen molar-refractivity contribution in [1.82, 2.24) is 0 Å². The second-order valence-electron chi connectivity index (χ2n) is 10.9. The molecule has 4 aliphatic rings. The highest BCUT2D eigenvalue weighted by molar-refractivity contribution is 5.28. The van der Waals surface area contributed by atoms with Crippen LogP contribution in [0.1, 0.15) is 76.7 Å². The molecule has 0 radical (unpaired) electrons. The fourth-order valence-electron chi connectivity index (χ4n) is 8.41. The standard InChI is InChI=1S/C24H34O5/c1-22-9-7-16(25)11-15(22)4-5-18-21(22)19(26)12-23(2)17(8-10-24(18,23)28)14-3-6-20(27)29-13-14/h3,6,13,15-19,21,25-26,28H,4-5,7-12H2,1-2H3/t15-,16+,17-,18?,19-,21?,22+,23-,24+/m1/s1. The minimum absolute atomic E-state index is 0.0176. The van der Waals surface area contributed by atoms with Gasteiger partial charge in [0.2, 0.25) is 0 Å². The summed E-state index contributed by atoms with van der Waals surface area (Å²) in [5.41, 5.74) is -0.681. The van der Waals surface area contributed by atoms with Crippen LogP contribution in [-0.4, -0.2) is 33.1 Å². The zero-order valence-electron chi connectivity index (χ0n) is 17.5. The number of aliphatic hydroxyl groups is 3. The van der Waals surface area contributed by atoms with E-state index in [-0.39, 0.29) is 34.9 Å². The molecular weight excluding hydrogens is 368 g/mol. The van der Waals surface area contributed by atoms with Gasteiger partial charge in [-0.1, -0.05) is 13.8 Å². The van der Waals surface area contributed by atoms with Gasteiger partial charge < -0.3 is 19.7 Å². The van der Waals surface area contributed by atoms with Crippen LogP contribution >= 0.6 is 0 Å². The van der Waals surface area contributed by atoms with Gasteiger partial charge in [-0.25, -0.2) is 4.79 Å². The van der Waals surface area contributed by atoms with Crippen molar-refractivity contribution >= 4 is 0 Å². The predicted molar refractivity (Wildman–Crippen MR) is 108 cm³/mol. The van der Waals surface area contributed by atoms with Crippen LogP contribution in [0.2, 0.25) is 0 Å². The number of fused-ring (bicyclic) bond motifs is 5. The maximum atomic E-state index is 12.2. The molecule has 0 aromatic carbocycles. The van der Waals surface area contributed by atoms with Crippen LogP contribution in [0.5, 0.6) is 0 Å². The van der Waals surface area contributed by atoms with Gasteiger partial charge in [-0.05, 0) is 92.1 Å². The summed E-state index contributed by atoms with van der Waals surface area (Å²) in [6, 6.07) is 3.28. The quantitative estimate of drug-likeness (QED) is 0.671. The van der Waals surface area contributed by atoms with Gasteiger partial charge >= 0.3 is 5.63 Å². The number of hydrogen-bond acceptors (Lipinski definition) is 5. The van der Waals surface area contributed by atoms with Gasteiger partial charge in [0.25, 0.3) is 0 Å². The van der Waals surface area contributed by atoms with E-state index in [1.54, 1.807) is 6.26 Å². The Kier molecular flexibility index (Phi) is 4.37. The van der Waals surface area contributed by atoms with Crippen molar-refractivity contribution in [2.45, 2.75) is 88.9 Å². The molecule has 29 heavy (non-hydrogen) atoms. The van der Waals surface area contributed by atoms with Crippen LogP contribution in [0.4, 0.5) is 0 Å². The van der Waals surface area contributed by atoms with E-state index in [1.165, 1.54) is 6.07 Å². The van der Waals surface area contributed by atoms with E-state index in [1.807, 2.05) is 6.07 Å². The second-order valence-corrected chi connectivity index (χ2v) is 10.9. The molecule has 0 bridgehead atoms. The highest BCUT2D eigenvalue weighted by atomic mass is 16.4. The molecule has 1 aromatic rings.